The highest BCUT2D eigenvalue weighted by atomic mass is 16.5. The summed E-state index contributed by atoms with van der Waals surface area (Å²) < 4.78 is 5.55. The molecule has 0 saturated heterocycles. The lowest BCUT2D eigenvalue weighted by Gasteiger charge is -2.17. The Kier molecular flexibility index (Phi) is 7.20. The van der Waals surface area contributed by atoms with E-state index in [1.54, 1.807) is 0 Å². The van der Waals surface area contributed by atoms with Crippen LogP contribution in [-0.2, 0) is 4.74 Å². The summed E-state index contributed by atoms with van der Waals surface area (Å²) in [6.45, 7) is 10.6. The van der Waals surface area contributed by atoms with Gasteiger partial charge in [0.1, 0.15) is 0 Å². The first-order chi connectivity index (χ1) is 6.42. The topological polar surface area (TPSA) is 35.2 Å². The smallest absolute Gasteiger partial charge is 0.0471 e. The maximum atomic E-state index is 5.65. The van der Waals surface area contributed by atoms with E-state index < -0.39 is 0 Å². The molecule has 0 rings (SSSR count). The van der Waals surface area contributed by atoms with Gasteiger partial charge in [-0.2, -0.15) is 0 Å². The van der Waals surface area contributed by atoms with Gasteiger partial charge in [0, 0.05) is 19.3 Å². The van der Waals surface area contributed by atoms with E-state index in [2.05, 4.69) is 27.7 Å². The lowest BCUT2D eigenvalue weighted by Crippen LogP contribution is -2.14. The number of ether oxygens (including phenoxy) is 1. The fraction of sp³-hybridized carbons (Fsp3) is 1.00. The molecule has 0 bridgehead atoms. The van der Waals surface area contributed by atoms with Gasteiger partial charge in [0.2, 0.25) is 0 Å². The van der Waals surface area contributed by atoms with Gasteiger partial charge in [0.15, 0.2) is 0 Å². The zero-order valence-electron chi connectivity index (χ0n) is 10.3. The lowest BCUT2D eigenvalue weighted by molar-refractivity contribution is 0.105. The average Bonchev–Trinajstić information content (AvgIpc) is 2.00. The minimum absolute atomic E-state index is 0.338. The molecule has 0 aromatic rings. The summed E-state index contributed by atoms with van der Waals surface area (Å²) in [5.41, 5.74) is 6.04. The second kappa shape index (κ2) is 7.24. The van der Waals surface area contributed by atoms with E-state index in [4.69, 9.17) is 10.5 Å². The largest absolute Gasteiger partial charge is 0.381 e. The van der Waals surface area contributed by atoms with Crippen LogP contribution in [0.5, 0.6) is 0 Å². The fourth-order valence-electron chi connectivity index (χ4n) is 1.15. The molecule has 0 amide bonds. The molecule has 2 nitrogen and oxygen atoms in total. The number of rotatable bonds is 7. The predicted molar refractivity (Wildman–Crippen MR) is 62.4 cm³/mol. The van der Waals surface area contributed by atoms with Crippen molar-refractivity contribution in [2.45, 2.75) is 59.4 Å². The Hall–Kier alpha value is -0.0800. The van der Waals surface area contributed by atoms with Crippen molar-refractivity contribution in [1.29, 1.82) is 0 Å². The summed E-state index contributed by atoms with van der Waals surface area (Å²) in [6, 6.07) is 0.338. The van der Waals surface area contributed by atoms with E-state index in [0.717, 1.165) is 32.5 Å². The van der Waals surface area contributed by atoms with Crippen molar-refractivity contribution in [2.24, 2.45) is 11.1 Å². The first kappa shape index (κ1) is 13.9. The van der Waals surface area contributed by atoms with Crippen molar-refractivity contribution >= 4 is 0 Å². The highest BCUT2D eigenvalue weighted by Gasteiger charge is 2.08. The molecule has 0 aromatic heterocycles. The third-order valence-corrected chi connectivity index (χ3v) is 2.19. The van der Waals surface area contributed by atoms with Crippen molar-refractivity contribution in [3.8, 4) is 0 Å². The molecule has 14 heavy (non-hydrogen) atoms. The van der Waals surface area contributed by atoms with Gasteiger partial charge in [-0.15, -0.1) is 0 Å². The van der Waals surface area contributed by atoms with Gasteiger partial charge in [0.25, 0.3) is 0 Å². The SMILES string of the molecule is CC(N)CCCCOCCC(C)(C)C. The molecule has 0 fully saturated rings. The Morgan fingerprint density at radius 2 is 1.79 bits per heavy atom. The fourth-order valence-corrected chi connectivity index (χ4v) is 1.15. The summed E-state index contributed by atoms with van der Waals surface area (Å²) >= 11 is 0. The Morgan fingerprint density at radius 3 is 2.29 bits per heavy atom. The highest BCUT2D eigenvalue weighted by Crippen LogP contribution is 2.17. The van der Waals surface area contributed by atoms with Gasteiger partial charge in [0.05, 0.1) is 0 Å². The van der Waals surface area contributed by atoms with Crippen LogP contribution in [0, 0.1) is 5.41 Å². The summed E-state index contributed by atoms with van der Waals surface area (Å²) in [6.07, 6.45) is 4.59. The molecule has 0 aliphatic heterocycles. The molecule has 1 atom stereocenters. The van der Waals surface area contributed by atoms with Gasteiger partial charge in [-0.3, -0.25) is 0 Å². The monoisotopic (exact) mass is 201 g/mol. The second-order valence-corrected chi connectivity index (χ2v) is 5.40. The van der Waals surface area contributed by atoms with Gasteiger partial charge < -0.3 is 10.5 Å². The van der Waals surface area contributed by atoms with Crippen LogP contribution in [0.3, 0.4) is 0 Å². The molecule has 0 spiro atoms. The minimum Gasteiger partial charge on any atom is -0.381 e. The van der Waals surface area contributed by atoms with E-state index in [0.29, 0.717) is 11.5 Å². The van der Waals surface area contributed by atoms with E-state index >= 15 is 0 Å². The normalized spacial score (nSPS) is 14.4. The first-order valence-electron chi connectivity index (χ1n) is 5.75. The van der Waals surface area contributed by atoms with Crippen molar-refractivity contribution in [2.75, 3.05) is 13.2 Å². The number of nitrogens with two attached hydrogens (primary N) is 1. The average molecular weight is 201 g/mol. The Balaban J connectivity index is 3.07. The second-order valence-electron chi connectivity index (χ2n) is 5.40. The number of unbranched alkanes of at least 4 members (excludes halogenated alkanes) is 1. The van der Waals surface area contributed by atoms with Gasteiger partial charge >= 0.3 is 0 Å². The van der Waals surface area contributed by atoms with Crippen LogP contribution in [0.15, 0.2) is 0 Å². The molecule has 86 valence electrons. The Morgan fingerprint density at radius 1 is 1.14 bits per heavy atom. The molecule has 2 heteroatoms. The third kappa shape index (κ3) is 11.9. The number of hydrogen-bond donors (Lipinski definition) is 1. The van der Waals surface area contributed by atoms with Crippen molar-refractivity contribution < 1.29 is 4.74 Å². The quantitative estimate of drug-likeness (QED) is 0.643. The van der Waals surface area contributed by atoms with Crippen LogP contribution in [0.4, 0.5) is 0 Å². The van der Waals surface area contributed by atoms with Crippen molar-refractivity contribution in [3.05, 3.63) is 0 Å². The Bertz CT molecular complexity index is 127. The third-order valence-electron chi connectivity index (χ3n) is 2.19. The van der Waals surface area contributed by atoms with E-state index in [9.17, 15) is 0 Å². The van der Waals surface area contributed by atoms with E-state index in [1.165, 1.54) is 6.42 Å². The summed E-state index contributed by atoms with van der Waals surface area (Å²) in [5.74, 6) is 0. The van der Waals surface area contributed by atoms with Crippen LogP contribution in [0.1, 0.15) is 53.4 Å². The molecule has 1 unspecified atom stereocenters. The maximum absolute atomic E-state index is 5.65. The molecule has 2 N–H and O–H groups in total. The van der Waals surface area contributed by atoms with Crippen LogP contribution in [0.2, 0.25) is 0 Å². The van der Waals surface area contributed by atoms with E-state index in [-0.39, 0.29) is 0 Å². The minimum atomic E-state index is 0.338. The highest BCUT2D eigenvalue weighted by molar-refractivity contribution is 4.60. The van der Waals surface area contributed by atoms with Crippen LogP contribution < -0.4 is 5.73 Å². The van der Waals surface area contributed by atoms with Crippen molar-refractivity contribution in [3.63, 3.8) is 0 Å². The van der Waals surface area contributed by atoms with Gasteiger partial charge in [-0.05, 0) is 38.0 Å². The molecular formula is C12H27NO. The first-order valence-corrected chi connectivity index (χ1v) is 5.75. The zero-order chi connectivity index (χ0) is 11.0. The molecule has 0 aliphatic carbocycles. The maximum Gasteiger partial charge on any atom is 0.0471 e. The van der Waals surface area contributed by atoms with Crippen LogP contribution in [0.25, 0.3) is 0 Å². The molecular weight excluding hydrogens is 174 g/mol. The Labute approximate surface area is 89.2 Å². The van der Waals surface area contributed by atoms with E-state index in [1.807, 2.05) is 0 Å². The van der Waals surface area contributed by atoms with Crippen LogP contribution in [-0.4, -0.2) is 19.3 Å². The molecule has 0 aromatic carbocycles. The summed E-state index contributed by atoms with van der Waals surface area (Å²) in [4.78, 5) is 0. The van der Waals surface area contributed by atoms with Crippen LogP contribution >= 0.6 is 0 Å². The molecule has 0 radical (unpaired) electrons. The standard InChI is InChI=1S/C12H27NO/c1-11(13)7-5-6-9-14-10-8-12(2,3)4/h11H,5-10,13H2,1-4H3. The molecule has 0 saturated carbocycles. The van der Waals surface area contributed by atoms with Gasteiger partial charge in [-0.1, -0.05) is 20.8 Å². The molecule has 0 heterocycles. The van der Waals surface area contributed by atoms with Gasteiger partial charge in [-0.25, -0.2) is 0 Å². The summed E-state index contributed by atoms with van der Waals surface area (Å²) in [5, 5.41) is 0. The predicted octanol–water partition coefficient (Wildman–Crippen LogP) is 2.96. The zero-order valence-corrected chi connectivity index (χ0v) is 10.3. The summed E-state index contributed by atoms with van der Waals surface area (Å²) in [7, 11) is 0. The van der Waals surface area contributed by atoms with Crippen molar-refractivity contribution in [1.82, 2.24) is 0 Å². The number of hydrogen-bond acceptors (Lipinski definition) is 2. The lowest BCUT2D eigenvalue weighted by atomic mass is 9.93. The molecule has 0 aliphatic rings.